The number of nitrogens with one attached hydrogen (secondary N) is 2. The minimum Gasteiger partial charge on any atom is -0.392 e. The van der Waals surface area contributed by atoms with Crippen LogP contribution in [0.1, 0.15) is 11.3 Å². The minimum atomic E-state index is -0.178. The average molecular weight is 229 g/mol. The summed E-state index contributed by atoms with van der Waals surface area (Å²) < 4.78 is 0. The second-order valence-electron chi connectivity index (χ2n) is 3.54. The zero-order valence-corrected chi connectivity index (χ0v) is 8.94. The van der Waals surface area contributed by atoms with Gasteiger partial charge in [-0.2, -0.15) is 5.26 Å². The number of nitriles is 1. The number of hydrogen-bond acceptors (Lipinski definition) is 4. The van der Waals surface area contributed by atoms with Crippen LogP contribution in [-0.2, 0) is 6.61 Å². The summed E-state index contributed by atoms with van der Waals surface area (Å²) in [6, 6.07) is 10.7. The van der Waals surface area contributed by atoms with Crippen molar-refractivity contribution < 1.29 is 10.3 Å². The molecular weight excluding hydrogens is 218 g/mol. The number of hydrogen-bond donors (Lipinski definition) is 4. The molecule has 0 fully saturated rings. The largest absolute Gasteiger partial charge is 0.392 e. The third kappa shape index (κ3) is 2.13. The highest BCUT2D eigenvalue weighted by atomic mass is 16.5. The predicted molar refractivity (Wildman–Crippen MR) is 62.3 cm³/mol. The summed E-state index contributed by atoms with van der Waals surface area (Å²) in [6.45, 7) is -0.178. The van der Waals surface area contributed by atoms with Gasteiger partial charge in [-0.3, -0.25) is 10.7 Å². The van der Waals surface area contributed by atoms with Gasteiger partial charge in [0.15, 0.2) is 0 Å². The Balaban J connectivity index is 2.43. The maximum absolute atomic E-state index is 9.16. The lowest BCUT2D eigenvalue weighted by Gasteiger charge is -2.07. The van der Waals surface area contributed by atoms with E-state index in [9.17, 15) is 0 Å². The van der Waals surface area contributed by atoms with Crippen LogP contribution in [0.15, 0.2) is 30.3 Å². The van der Waals surface area contributed by atoms with Gasteiger partial charge in [0.2, 0.25) is 0 Å². The molecule has 5 nitrogen and oxygen atoms in total. The molecule has 86 valence electrons. The SMILES string of the molecule is N#Cc1ccc(-c2ccc(NO)c(CO)c2)[nH]1. The molecule has 5 heteroatoms. The van der Waals surface area contributed by atoms with Crippen molar-refractivity contribution in [3.63, 3.8) is 0 Å². The summed E-state index contributed by atoms with van der Waals surface area (Å²) in [7, 11) is 0. The van der Waals surface area contributed by atoms with Crippen molar-refractivity contribution in [2.24, 2.45) is 0 Å². The lowest BCUT2D eigenvalue weighted by Crippen LogP contribution is -1.96. The van der Waals surface area contributed by atoms with Crippen molar-refractivity contribution in [1.29, 1.82) is 5.26 Å². The second-order valence-corrected chi connectivity index (χ2v) is 3.54. The van der Waals surface area contributed by atoms with Gasteiger partial charge < -0.3 is 10.1 Å². The van der Waals surface area contributed by atoms with E-state index in [2.05, 4.69) is 4.98 Å². The monoisotopic (exact) mass is 229 g/mol. The van der Waals surface area contributed by atoms with Crippen LogP contribution in [0.3, 0.4) is 0 Å². The third-order valence-electron chi connectivity index (χ3n) is 2.51. The molecule has 1 heterocycles. The molecule has 0 aliphatic heterocycles. The summed E-state index contributed by atoms with van der Waals surface area (Å²) in [5, 5.41) is 26.7. The Bertz CT molecular complexity index is 569. The Morgan fingerprint density at radius 2 is 2.12 bits per heavy atom. The number of aromatic amines is 1. The van der Waals surface area contributed by atoms with E-state index in [0.29, 0.717) is 16.9 Å². The Kier molecular flexibility index (Phi) is 3.10. The van der Waals surface area contributed by atoms with Crippen molar-refractivity contribution in [1.82, 2.24) is 4.98 Å². The summed E-state index contributed by atoms with van der Waals surface area (Å²) >= 11 is 0. The van der Waals surface area contributed by atoms with Crippen LogP contribution in [0, 0.1) is 11.3 Å². The van der Waals surface area contributed by atoms with E-state index in [0.717, 1.165) is 11.3 Å². The number of nitrogens with zero attached hydrogens (tertiary/aromatic N) is 1. The van der Waals surface area contributed by atoms with Crippen LogP contribution in [0.5, 0.6) is 0 Å². The molecule has 1 aromatic carbocycles. The molecule has 17 heavy (non-hydrogen) atoms. The molecule has 0 aliphatic rings. The van der Waals surface area contributed by atoms with Gasteiger partial charge in [-0.1, -0.05) is 6.07 Å². The zero-order chi connectivity index (χ0) is 12.3. The smallest absolute Gasteiger partial charge is 0.118 e. The Morgan fingerprint density at radius 1 is 1.29 bits per heavy atom. The van der Waals surface area contributed by atoms with Gasteiger partial charge in [-0.15, -0.1) is 0 Å². The molecule has 2 rings (SSSR count). The first kappa shape index (κ1) is 11.2. The van der Waals surface area contributed by atoms with Crippen molar-refractivity contribution >= 4 is 5.69 Å². The van der Waals surface area contributed by atoms with Gasteiger partial charge in [0.05, 0.1) is 12.3 Å². The van der Waals surface area contributed by atoms with Crippen molar-refractivity contribution in [2.45, 2.75) is 6.61 Å². The molecule has 0 saturated heterocycles. The van der Waals surface area contributed by atoms with E-state index in [1.807, 2.05) is 11.5 Å². The van der Waals surface area contributed by atoms with E-state index in [-0.39, 0.29) is 6.61 Å². The van der Waals surface area contributed by atoms with E-state index >= 15 is 0 Å². The lowest BCUT2D eigenvalue weighted by molar-refractivity contribution is 0.280. The van der Waals surface area contributed by atoms with Gasteiger partial charge >= 0.3 is 0 Å². The van der Waals surface area contributed by atoms with Crippen molar-refractivity contribution in [3.05, 3.63) is 41.6 Å². The van der Waals surface area contributed by atoms with Gasteiger partial charge in [0, 0.05) is 11.3 Å². The van der Waals surface area contributed by atoms with Crippen LogP contribution >= 0.6 is 0 Å². The molecule has 2 aromatic rings. The normalized spacial score (nSPS) is 9.94. The quantitative estimate of drug-likeness (QED) is 0.604. The molecule has 0 atom stereocenters. The molecule has 1 aromatic heterocycles. The fraction of sp³-hybridized carbons (Fsp3) is 0.0833. The summed E-state index contributed by atoms with van der Waals surface area (Å²) in [5.74, 6) is 0. The lowest BCUT2D eigenvalue weighted by atomic mass is 10.1. The fourth-order valence-corrected chi connectivity index (χ4v) is 1.63. The van der Waals surface area contributed by atoms with Crippen LogP contribution in [0.2, 0.25) is 0 Å². The molecule has 0 saturated carbocycles. The Labute approximate surface area is 97.9 Å². The minimum absolute atomic E-state index is 0.178. The number of anilines is 1. The van der Waals surface area contributed by atoms with Crippen LogP contribution in [-0.4, -0.2) is 15.3 Å². The zero-order valence-electron chi connectivity index (χ0n) is 8.94. The number of H-pyrrole nitrogens is 1. The molecule has 0 spiro atoms. The van der Waals surface area contributed by atoms with E-state index in [4.69, 9.17) is 15.6 Å². The first-order chi connectivity index (χ1) is 8.28. The predicted octanol–water partition coefficient (Wildman–Crippen LogP) is 1.85. The summed E-state index contributed by atoms with van der Waals surface area (Å²) in [5.41, 5.74) is 5.18. The molecular formula is C12H11N3O2. The van der Waals surface area contributed by atoms with Gasteiger partial charge in [-0.05, 0) is 29.8 Å². The number of aromatic nitrogens is 1. The van der Waals surface area contributed by atoms with E-state index < -0.39 is 0 Å². The third-order valence-corrected chi connectivity index (χ3v) is 2.51. The van der Waals surface area contributed by atoms with E-state index in [1.54, 1.807) is 30.3 Å². The summed E-state index contributed by atoms with van der Waals surface area (Å²) in [6.07, 6.45) is 0. The molecule has 0 radical (unpaired) electrons. The molecule has 0 amide bonds. The molecule has 0 unspecified atom stereocenters. The first-order valence-corrected chi connectivity index (χ1v) is 5.02. The highest BCUT2D eigenvalue weighted by molar-refractivity contribution is 5.66. The van der Waals surface area contributed by atoms with E-state index in [1.165, 1.54) is 0 Å². The summed E-state index contributed by atoms with van der Waals surface area (Å²) in [4.78, 5) is 2.94. The van der Waals surface area contributed by atoms with Gasteiger partial charge in [-0.25, -0.2) is 0 Å². The Morgan fingerprint density at radius 3 is 2.71 bits per heavy atom. The second kappa shape index (κ2) is 4.70. The van der Waals surface area contributed by atoms with Crippen LogP contribution in [0.25, 0.3) is 11.3 Å². The van der Waals surface area contributed by atoms with Crippen LogP contribution in [0.4, 0.5) is 5.69 Å². The molecule has 4 N–H and O–H groups in total. The van der Waals surface area contributed by atoms with Crippen LogP contribution < -0.4 is 5.48 Å². The maximum Gasteiger partial charge on any atom is 0.118 e. The topological polar surface area (TPSA) is 92.1 Å². The highest BCUT2D eigenvalue weighted by Crippen LogP contribution is 2.24. The van der Waals surface area contributed by atoms with Gasteiger partial charge in [0.1, 0.15) is 11.8 Å². The number of benzene rings is 1. The van der Waals surface area contributed by atoms with Crippen molar-refractivity contribution in [3.8, 4) is 17.3 Å². The standard InChI is InChI=1S/C12H11N3O2/c13-6-10-2-4-11(14-10)8-1-3-12(15-17)9(5-8)7-16/h1-5,14-17H,7H2. The van der Waals surface area contributed by atoms with Gasteiger partial charge in [0.25, 0.3) is 0 Å². The maximum atomic E-state index is 9.16. The Hall–Kier alpha value is -2.29. The number of rotatable bonds is 3. The molecule has 0 aliphatic carbocycles. The molecule has 0 bridgehead atoms. The fourth-order valence-electron chi connectivity index (χ4n) is 1.63. The highest BCUT2D eigenvalue weighted by Gasteiger charge is 2.06. The number of aliphatic hydroxyl groups is 1. The average Bonchev–Trinajstić information content (AvgIpc) is 2.86. The number of aliphatic hydroxyl groups excluding tert-OH is 1. The van der Waals surface area contributed by atoms with Crippen molar-refractivity contribution in [2.75, 3.05) is 5.48 Å². The first-order valence-electron chi connectivity index (χ1n) is 5.02.